The minimum Gasteiger partial charge on any atom is -0.294 e. The summed E-state index contributed by atoms with van der Waals surface area (Å²) in [6.45, 7) is 9.59. The second kappa shape index (κ2) is 6.46. The van der Waals surface area contributed by atoms with E-state index >= 15 is 0 Å². The zero-order valence-corrected chi connectivity index (χ0v) is 7.91. The summed E-state index contributed by atoms with van der Waals surface area (Å²) in [4.78, 5) is 12.0. The van der Waals surface area contributed by atoms with Gasteiger partial charge in [0, 0.05) is 12.4 Å². The van der Waals surface area contributed by atoms with E-state index < -0.39 is 0 Å². The van der Waals surface area contributed by atoms with Crippen LogP contribution in [-0.4, -0.2) is 25.7 Å². The summed E-state index contributed by atoms with van der Waals surface area (Å²) in [5.41, 5.74) is 1.76. The van der Waals surface area contributed by atoms with Crippen molar-refractivity contribution in [2.75, 3.05) is 6.54 Å². The maximum absolute atomic E-state index is 4.14. The topological polar surface area (TPSA) is 37.1 Å². The van der Waals surface area contributed by atoms with Crippen LogP contribution in [0.2, 0.25) is 0 Å². The molecule has 0 saturated heterocycles. The van der Waals surface area contributed by atoms with Gasteiger partial charge in [-0.25, -0.2) is 0 Å². The molecule has 0 N–H and O–H groups in total. The predicted octanol–water partition coefficient (Wildman–Crippen LogP) is 2.10. The molecule has 0 aliphatic carbocycles. The van der Waals surface area contributed by atoms with Crippen LogP contribution in [0.25, 0.3) is 0 Å². The van der Waals surface area contributed by atoms with E-state index in [2.05, 4.69) is 21.7 Å². The number of hydrogen-bond acceptors (Lipinski definition) is 3. The smallest absolute Gasteiger partial charge is 0.0824 e. The zero-order valence-electron chi connectivity index (χ0n) is 7.91. The van der Waals surface area contributed by atoms with E-state index in [0.717, 1.165) is 11.4 Å². The van der Waals surface area contributed by atoms with Crippen molar-refractivity contribution in [1.82, 2.24) is 0 Å². The van der Waals surface area contributed by atoms with E-state index in [1.54, 1.807) is 12.4 Å². The highest BCUT2D eigenvalue weighted by molar-refractivity contribution is 5.57. The lowest BCUT2D eigenvalue weighted by atomic mass is 10.3. The van der Waals surface area contributed by atoms with Gasteiger partial charge in [0.05, 0.1) is 17.9 Å². The Morgan fingerprint density at radius 1 is 1.25 bits per heavy atom. The molecule has 0 heterocycles. The van der Waals surface area contributed by atoms with Crippen LogP contribution in [0.1, 0.15) is 20.8 Å². The van der Waals surface area contributed by atoms with Crippen molar-refractivity contribution in [3.63, 3.8) is 0 Å². The molecule has 0 aromatic carbocycles. The molecule has 0 saturated carbocycles. The number of rotatable bonds is 4. The Morgan fingerprint density at radius 2 is 1.83 bits per heavy atom. The molecule has 0 aliphatic heterocycles. The zero-order chi connectivity index (χ0) is 9.40. The van der Waals surface area contributed by atoms with Crippen molar-refractivity contribution >= 4 is 19.1 Å². The molecule has 0 aromatic rings. The Bertz CT molecular complexity index is 224. The normalized spacial score (nSPS) is 13.9. The molecular weight excluding hydrogens is 150 g/mol. The first-order chi connectivity index (χ1) is 5.76. The molecule has 3 nitrogen and oxygen atoms in total. The Kier molecular flexibility index (Phi) is 5.79. The van der Waals surface area contributed by atoms with Gasteiger partial charge < -0.3 is 0 Å². The number of aliphatic imine (C=N–C) groups is 3. The molecule has 0 radical (unpaired) electrons. The highest BCUT2D eigenvalue weighted by atomic mass is 14.9. The summed E-state index contributed by atoms with van der Waals surface area (Å²) in [6, 6.07) is 0. The average Bonchev–Trinajstić information content (AvgIpc) is 2.04. The molecule has 12 heavy (non-hydrogen) atoms. The van der Waals surface area contributed by atoms with Crippen molar-refractivity contribution in [3.05, 3.63) is 11.4 Å². The molecule has 0 fully saturated rings. The van der Waals surface area contributed by atoms with Crippen LogP contribution in [0.15, 0.2) is 26.4 Å². The standard InChI is InChI=1S/C9H15N3/c1-5-11-8(3)9(7-10-4)12-6-2/h5-6H,4,7H2,1-3H3. The number of nitrogens with zero attached hydrogens (tertiary/aromatic N) is 3. The molecule has 0 atom stereocenters. The minimum atomic E-state index is 0.521. The molecule has 0 spiro atoms. The third kappa shape index (κ3) is 3.81. The second-order valence-corrected chi connectivity index (χ2v) is 2.19. The monoisotopic (exact) mass is 165 g/mol. The fourth-order valence-electron chi connectivity index (χ4n) is 0.779. The predicted molar refractivity (Wildman–Crippen MR) is 55.4 cm³/mol. The Morgan fingerprint density at radius 3 is 2.25 bits per heavy atom. The Balaban J connectivity index is 4.65. The summed E-state index contributed by atoms with van der Waals surface area (Å²) in [5, 5.41) is 0. The van der Waals surface area contributed by atoms with Crippen LogP contribution in [0, 0.1) is 0 Å². The van der Waals surface area contributed by atoms with Crippen molar-refractivity contribution in [1.29, 1.82) is 0 Å². The van der Waals surface area contributed by atoms with Gasteiger partial charge in [-0.2, -0.15) is 0 Å². The van der Waals surface area contributed by atoms with E-state index in [1.807, 2.05) is 20.8 Å². The number of allylic oxidation sites excluding steroid dienone is 1. The molecule has 0 unspecified atom stereocenters. The van der Waals surface area contributed by atoms with E-state index in [4.69, 9.17) is 0 Å². The largest absolute Gasteiger partial charge is 0.294 e. The first kappa shape index (κ1) is 10.8. The molecular formula is C9H15N3. The van der Waals surface area contributed by atoms with Gasteiger partial charge in [-0.05, 0) is 27.5 Å². The summed E-state index contributed by atoms with van der Waals surface area (Å²) < 4.78 is 0. The SMILES string of the molecule is C=NCC(N=CC)=C(C)N=CC. The number of hydrogen-bond donors (Lipinski definition) is 0. The maximum atomic E-state index is 4.14. The molecule has 66 valence electrons. The highest BCUT2D eigenvalue weighted by Gasteiger charge is 1.95. The summed E-state index contributed by atoms with van der Waals surface area (Å²) >= 11 is 0. The lowest BCUT2D eigenvalue weighted by Crippen LogP contribution is -1.89. The van der Waals surface area contributed by atoms with Crippen LogP contribution in [0.4, 0.5) is 0 Å². The molecule has 0 amide bonds. The fourth-order valence-corrected chi connectivity index (χ4v) is 0.779. The molecule has 0 bridgehead atoms. The van der Waals surface area contributed by atoms with E-state index in [9.17, 15) is 0 Å². The first-order valence-corrected chi connectivity index (χ1v) is 3.85. The molecule has 3 heteroatoms. The Hall–Kier alpha value is -1.25. The quantitative estimate of drug-likeness (QED) is 0.572. The van der Waals surface area contributed by atoms with Crippen molar-refractivity contribution in [2.45, 2.75) is 20.8 Å². The maximum Gasteiger partial charge on any atom is 0.0824 e. The fraction of sp³-hybridized carbons (Fsp3) is 0.444. The van der Waals surface area contributed by atoms with Crippen molar-refractivity contribution < 1.29 is 0 Å². The van der Waals surface area contributed by atoms with Gasteiger partial charge in [-0.1, -0.05) is 0 Å². The van der Waals surface area contributed by atoms with Crippen LogP contribution in [0.3, 0.4) is 0 Å². The third-order valence-corrected chi connectivity index (χ3v) is 1.29. The van der Waals surface area contributed by atoms with Gasteiger partial charge in [0.1, 0.15) is 0 Å². The lowest BCUT2D eigenvalue weighted by molar-refractivity contribution is 1.05. The minimum absolute atomic E-state index is 0.521. The van der Waals surface area contributed by atoms with Crippen LogP contribution < -0.4 is 0 Å². The van der Waals surface area contributed by atoms with Gasteiger partial charge in [-0.3, -0.25) is 15.0 Å². The highest BCUT2D eigenvalue weighted by Crippen LogP contribution is 2.06. The summed E-state index contributed by atoms with van der Waals surface area (Å²) in [5.74, 6) is 0. The Labute approximate surface area is 73.7 Å². The lowest BCUT2D eigenvalue weighted by Gasteiger charge is -1.98. The summed E-state index contributed by atoms with van der Waals surface area (Å²) in [6.07, 6.45) is 3.47. The van der Waals surface area contributed by atoms with Crippen LogP contribution >= 0.6 is 0 Å². The van der Waals surface area contributed by atoms with Gasteiger partial charge in [0.2, 0.25) is 0 Å². The van der Waals surface area contributed by atoms with Gasteiger partial charge in [0.15, 0.2) is 0 Å². The van der Waals surface area contributed by atoms with E-state index in [1.165, 1.54) is 0 Å². The second-order valence-electron chi connectivity index (χ2n) is 2.19. The van der Waals surface area contributed by atoms with Crippen LogP contribution in [0.5, 0.6) is 0 Å². The summed E-state index contributed by atoms with van der Waals surface area (Å²) in [7, 11) is 0. The van der Waals surface area contributed by atoms with Crippen LogP contribution in [-0.2, 0) is 0 Å². The van der Waals surface area contributed by atoms with Gasteiger partial charge >= 0.3 is 0 Å². The van der Waals surface area contributed by atoms with E-state index in [0.29, 0.717) is 6.54 Å². The van der Waals surface area contributed by atoms with Gasteiger partial charge in [0.25, 0.3) is 0 Å². The third-order valence-electron chi connectivity index (χ3n) is 1.29. The van der Waals surface area contributed by atoms with Gasteiger partial charge in [-0.15, -0.1) is 0 Å². The van der Waals surface area contributed by atoms with E-state index in [-0.39, 0.29) is 0 Å². The van der Waals surface area contributed by atoms with Crippen molar-refractivity contribution in [3.8, 4) is 0 Å². The molecule has 0 aromatic heterocycles. The molecule has 0 aliphatic rings. The molecule has 0 rings (SSSR count). The average molecular weight is 165 g/mol. The first-order valence-electron chi connectivity index (χ1n) is 3.85. The van der Waals surface area contributed by atoms with Crippen molar-refractivity contribution in [2.24, 2.45) is 15.0 Å².